The van der Waals surface area contributed by atoms with Gasteiger partial charge in [-0.25, -0.2) is 15.0 Å². The maximum absolute atomic E-state index is 12.2. The second kappa shape index (κ2) is 13.0. The largest absolute Gasteiger partial charge is 0.396 e. The van der Waals surface area contributed by atoms with E-state index in [1.54, 1.807) is 0 Å². The van der Waals surface area contributed by atoms with Crippen molar-refractivity contribution in [1.82, 2.24) is 19.9 Å². The van der Waals surface area contributed by atoms with Gasteiger partial charge in [-0.2, -0.15) is 4.98 Å². The van der Waals surface area contributed by atoms with E-state index in [9.17, 15) is 4.79 Å². The van der Waals surface area contributed by atoms with Gasteiger partial charge in [0.15, 0.2) is 5.82 Å². The predicted molar refractivity (Wildman–Crippen MR) is 148 cm³/mol. The van der Waals surface area contributed by atoms with Crippen LogP contribution in [0.15, 0.2) is 0 Å². The highest BCUT2D eigenvalue weighted by atomic mass is 16.5. The Bertz CT molecular complexity index is 1050. The summed E-state index contributed by atoms with van der Waals surface area (Å²) in [6.45, 7) is 11.7. The van der Waals surface area contributed by atoms with Crippen LogP contribution in [-0.4, -0.2) is 78.4 Å². The number of aromatic nitrogens is 4. The molecule has 0 radical (unpaired) electrons. The van der Waals surface area contributed by atoms with Gasteiger partial charge in [0.05, 0.1) is 49.2 Å². The number of aryl methyl sites for hydroxylation is 3. The second-order valence-electron chi connectivity index (χ2n) is 10.1. The van der Waals surface area contributed by atoms with Crippen molar-refractivity contribution in [2.24, 2.45) is 5.92 Å². The molecule has 0 unspecified atom stereocenters. The molecule has 2 aromatic rings. The molecule has 3 fully saturated rings. The van der Waals surface area contributed by atoms with Gasteiger partial charge in [0.25, 0.3) is 0 Å². The summed E-state index contributed by atoms with van der Waals surface area (Å²) < 4.78 is 10.6. The first-order valence-corrected chi connectivity index (χ1v) is 13.5. The van der Waals surface area contributed by atoms with Crippen molar-refractivity contribution in [3.8, 4) is 0 Å². The number of nitrogens with two attached hydrogens (primary N) is 2. The Labute approximate surface area is 224 Å². The molecule has 0 spiro atoms. The van der Waals surface area contributed by atoms with Gasteiger partial charge in [-0.3, -0.25) is 4.79 Å². The molecule has 0 aromatic carbocycles. The number of nitrogen functional groups attached to an aromatic ring is 2. The van der Waals surface area contributed by atoms with Gasteiger partial charge in [0.1, 0.15) is 5.69 Å². The molecule has 2 aliphatic heterocycles. The maximum atomic E-state index is 12.2. The number of nitrogens with zero attached hydrogens (tertiary/aromatic N) is 6. The number of morpholine rings is 2. The fraction of sp³-hybridized carbons (Fsp3) is 0.654. The van der Waals surface area contributed by atoms with Crippen molar-refractivity contribution in [2.45, 2.75) is 52.9 Å². The topological polar surface area (TPSA) is 158 Å². The zero-order chi connectivity index (χ0) is 27.1. The Kier molecular flexibility index (Phi) is 9.51. The third kappa shape index (κ3) is 7.19. The van der Waals surface area contributed by atoms with E-state index in [0.29, 0.717) is 54.4 Å². The quantitative estimate of drug-likeness (QED) is 0.523. The molecular formula is C26H41N9O3. The van der Waals surface area contributed by atoms with Crippen molar-refractivity contribution < 1.29 is 14.3 Å². The van der Waals surface area contributed by atoms with Crippen LogP contribution in [0.5, 0.6) is 0 Å². The normalized spacial score (nSPS) is 18.2. The van der Waals surface area contributed by atoms with Gasteiger partial charge < -0.3 is 36.1 Å². The smallest absolute Gasteiger partial charge is 0.227 e. The van der Waals surface area contributed by atoms with Crippen LogP contribution in [-0.2, 0) is 14.3 Å². The van der Waals surface area contributed by atoms with E-state index < -0.39 is 0 Å². The van der Waals surface area contributed by atoms with E-state index in [-0.39, 0.29) is 5.91 Å². The molecule has 4 heterocycles. The second-order valence-corrected chi connectivity index (χ2v) is 10.1. The van der Waals surface area contributed by atoms with Crippen molar-refractivity contribution in [2.75, 3.05) is 79.2 Å². The zero-order valence-electron chi connectivity index (χ0n) is 22.8. The number of nitrogens with one attached hydrogen (secondary N) is 1. The molecule has 0 atom stereocenters. The summed E-state index contributed by atoms with van der Waals surface area (Å²) in [4.78, 5) is 34.0. The number of hydrogen-bond donors (Lipinski definition) is 3. The van der Waals surface area contributed by atoms with Gasteiger partial charge in [0, 0.05) is 32.6 Å². The van der Waals surface area contributed by atoms with E-state index in [2.05, 4.69) is 35.1 Å². The van der Waals surface area contributed by atoms with Crippen molar-refractivity contribution in [3.63, 3.8) is 0 Å². The number of hydrogen-bond acceptors (Lipinski definition) is 11. The Hall–Kier alpha value is -3.25. The fourth-order valence-corrected chi connectivity index (χ4v) is 4.92. The molecule has 1 amide bonds. The van der Waals surface area contributed by atoms with Crippen LogP contribution in [0.25, 0.3) is 0 Å². The van der Waals surface area contributed by atoms with Crippen molar-refractivity contribution in [3.05, 3.63) is 17.1 Å². The lowest BCUT2D eigenvalue weighted by molar-refractivity contribution is -0.117. The third-order valence-corrected chi connectivity index (χ3v) is 7.22. The minimum atomic E-state index is 0.00872. The standard InChI is InChI=1S/C16H25N5O2.C10H16N4O/c1-11-14(19-13(22)10-12-4-2-3-5-12)15(17)20-16(18-11)21-6-8-23-9-7-21;1-7-9(11)8(2)13-10(12-7)14-3-5-15-6-4-14/h12H,2-10H2,1H3,(H,19,22)(H2,17,18,20);3-6,11H2,1-2H3. The molecule has 1 aliphatic carbocycles. The molecule has 2 aromatic heterocycles. The number of carbonyl (C=O) groups excluding carboxylic acids is 1. The molecule has 12 nitrogen and oxygen atoms in total. The average molecular weight is 528 g/mol. The molecule has 5 N–H and O–H groups in total. The minimum absolute atomic E-state index is 0.00872. The van der Waals surface area contributed by atoms with E-state index in [4.69, 9.17) is 20.9 Å². The Morgan fingerprint density at radius 2 is 1.29 bits per heavy atom. The lowest BCUT2D eigenvalue weighted by Crippen LogP contribution is -2.37. The van der Waals surface area contributed by atoms with Crippen molar-refractivity contribution >= 4 is 35.0 Å². The first-order chi connectivity index (χ1) is 18.3. The number of amides is 1. The molecular weight excluding hydrogens is 486 g/mol. The predicted octanol–water partition coefficient (Wildman–Crippen LogP) is 2.23. The summed E-state index contributed by atoms with van der Waals surface area (Å²) in [5.74, 6) is 2.22. The van der Waals surface area contributed by atoms with E-state index in [0.717, 1.165) is 69.6 Å². The average Bonchev–Trinajstić information content (AvgIpc) is 3.43. The lowest BCUT2D eigenvalue weighted by atomic mass is 10.0. The summed E-state index contributed by atoms with van der Waals surface area (Å²) in [6, 6.07) is 0. The minimum Gasteiger partial charge on any atom is -0.396 e. The van der Waals surface area contributed by atoms with E-state index in [1.807, 2.05) is 20.8 Å². The van der Waals surface area contributed by atoms with Crippen LogP contribution >= 0.6 is 0 Å². The molecule has 38 heavy (non-hydrogen) atoms. The molecule has 208 valence electrons. The zero-order valence-corrected chi connectivity index (χ0v) is 22.8. The van der Waals surface area contributed by atoms with Crippen LogP contribution in [0, 0.1) is 26.7 Å². The monoisotopic (exact) mass is 527 g/mol. The van der Waals surface area contributed by atoms with Crippen LogP contribution < -0.4 is 26.6 Å². The molecule has 1 saturated carbocycles. The van der Waals surface area contributed by atoms with Gasteiger partial charge in [0.2, 0.25) is 17.8 Å². The van der Waals surface area contributed by atoms with Gasteiger partial charge in [-0.1, -0.05) is 12.8 Å². The molecule has 3 aliphatic rings. The summed E-state index contributed by atoms with van der Waals surface area (Å²) in [5.41, 5.74) is 15.5. The molecule has 0 bridgehead atoms. The Morgan fingerprint density at radius 1 is 0.816 bits per heavy atom. The molecule has 12 heteroatoms. The lowest BCUT2D eigenvalue weighted by Gasteiger charge is -2.27. The van der Waals surface area contributed by atoms with E-state index >= 15 is 0 Å². The SMILES string of the molecule is Cc1nc(N2CCOCC2)nc(C)c1N.Cc1nc(N2CCOCC2)nc(N)c1NC(=O)CC1CCCC1. The van der Waals surface area contributed by atoms with Gasteiger partial charge in [-0.15, -0.1) is 0 Å². The number of rotatable bonds is 5. The van der Waals surface area contributed by atoms with Gasteiger partial charge >= 0.3 is 0 Å². The first kappa shape index (κ1) is 27.8. The Morgan fingerprint density at radius 3 is 1.79 bits per heavy atom. The number of carbonyl (C=O) groups is 1. The maximum Gasteiger partial charge on any atom is 0.227 e. The number of ether oxygens (including phenoxy) is 2. The van der Waals surface area contributed by atoms with Crippen molar-refractivity contribution in [1.29, 1.82) is 0 Å². The fourth-order valence-electron chi connectivity index (χ4n) is 4.92. The van der Waals surface area contributed by atoms with Crippen LogP contribution in [0.1, 0.15) is 49.2 Å². The summed E-state index contributed by atoms with van der Waals surface area (Å²) in [6.07, 6.45) is 5.32. The highest BCUT2D eigenvalue weighted by molar-refractivity contribution is 5.94. The van der Waals surface area contributed by atoms with Crippen LogP contribution in [0.4, 0.5) is 29.1 Å². The summed E-state index contributed by atoms with van der Waals surface area (Å²) in [5, 5.41) is 2.90. The first-order valence-electron chi connectivity index (χ1n) is 13.5. The Balaban J connectivity index is 0.000000194. The van der Waals surface area contributed by atoms with Gasteiger partial charge in [-0.05, 0) is 39.5 Å². The molecule has 2 saturated heterocycles. The number of anilines is 5. The molecule has 5 rings (SSSR count). The van der Waals surface area contributed by atoms with Crippen LogP contribution in [0.2, 0.25) is 0 Å². The summed E-state index contributed by atoms with van der Waals surface area (Å²) in [7, 11) is 0. The summed E-state index contributed by atoms with van der Waals surface area (Å²) >= 11 is 0. The highest BCUT2D eigenvalue weighted by Crippen LogP contribution is 2.29. The van der Waals surface area contributed by atoms with Crippen LogP contribution in [0.3, 0.4) is 0 Å². The third-order valence-electron chi connectivity index (χ3n) is 7.22. The highest BCUT2D eigenvalue weighted by Gasteiger charge is 2.21. The van der Waals surface area contributed by atoms with E-state index in [1.165, 1.54) is 12.8 Å².